The molecule has 3 rings (SSSR count). The number of amides is 2. The Balaban J connectivity index is 1.71. The Morgan fingerprint density at radius 2 is 1.55 bits per heavy atom. The Hall–Kier alpha value is -3.65. The molecule has 7 nitrogen and oxygen atoms in total. The van der Waals surface area contributed by atoms with Gasteiger partial charge in [-0.1, -0.05) is 54.6 Å². The summed E-state index contributed by atoms with van der Waals surface area (Å²) in [4.78, 5) is 25.2. The average Bonchev–Trinajstić information content (AvgIpc) is 2.79. The number of sulfonamides is 1. The highest BCUT2D eigenvalue weighted by Crippen LogP contribution is 2.21. The number of nitrogens with one attached hydrogen (secondary N) is 3. The smallest absolute Gasteiger partial charge is 0.261 e. The van der Waals surface area contributed by atoms with Gasteiger partial charge in [0, 0.05) is 12.1 Å². The van der Waals surface area contributed by atoms with Gasteiger partial charge in [-0.25, -0.2) is 8.42 Å². The van der Waals surface area contributed by atoms with Crippen LogP contribution < -0.4 is 15.4 Å². The predicted molar refractivity (Wildman–Crippen MR) is 128 cm³/mol. The summed E-state index contributed by atoms with van der Waals surface area (Å²) >= 11 is 0. The second-order valence-corrected chi connectivity index (χ2v) is 9.48. The molecule has 3 aromatic rings. The minimum absolute atomic E-state index is 0.0392. The Morgan fingerprint density at radius 3 is 2.24 bits per heavy atom. The van der Waals surface area contributed by atoms with Crippen LogP contribution in [0.5, 0.6) is 0 Å². The fourth-order valence-electron chi connectivity index (χ4n) is 3.18. The maximum absolute atomic E-state index is 12.9. The number of hydrogen-bond acceptors (Lipinski definition) is 4. The molecule has 0 saturated heterocycles. The first-order valence-corrected chi connectivity index (χ1v) is 12.0. The SMILES string of the molecule is Cc1ccccc1NS(=O)(=O)c1ccc(C)c(C(=O)NC(C)C(=O)NCc2ccccc2)c1. The molecule has 0 aromatic heterocycles. The minimum Gasteiger partial charge on any atom is -0.350 e. The van der Waals surface area contributed by atoms with Crippen molar-refractivity contribution in [3.63, 3.8) is 0 Å². The molecular weight excluding hydrogens is 438 g/mol. The number of carbonyl (C=O) groups is 2. The van der Waals surface area contributed by atoms with Gasteiger partial charge in [0.1, 0.15) is 6.04 Å². The van der Waals surface area contributed by atoms with E-state index in [1.807, 2.05) is 36.4 Å². The van der Waals surface area contributed by atoms with Crippen LogP contribution in [0.3, 0.4) is 0 Å². The van der Waals surface area contributed by atoms with Crippen molar-refractivity contribution in [3.8, 4) is 0 Å². The second-order valence-electron chi connectivity index (χ2n) is 7.80. The van der Waals surface area contributed by atoms with Crippen molar-refractivity contribution >= 4 is 27.5 Å². The lowest BCUT2D eigenvalue weighted by Crippen LogP contribution is -2.44. The zero-order valence-corrected chi connectivity index (χ0v) is 19.6. The van der Waals surface area contributed by atoms with Gasteiger partial charge in [-0.15, -0.1) is 0 Å². The second kappa shape index (κ2) is 10.3. The number of hydrogen-bond donors (Lipinski definition) is 3. The lowest BCUT2D eigenvalue weighted by molar-refractivity contribution is -0.122. The van der Waals surface area contributed by atoms with E-state index in [9.17, 15) is 18.0 Å². The monoisotopic (exact) mass is 465 g/mol. The summed E-state index contributed by atoms with van der Waals surface area (Å²) < 4.78 is 28.3. The molecular formula is C25H27N3O4S. The molecule has 0 heterocycles. The van der Waals surface area contributed by atoms with Crippen LogP contribution in [0.25, 0.3) is 0 Å². The van der Waals surface area contributed by atoms with E-state index in [0.717, 1.165) is 11.1 Å². The normalized spacial score (nSPS) is 12.0. The van der Waals surface area contributed by atoms with E-state index in [2.05, 4.69) is 15.4 Å². The molecule has 0 fully saturated rings. The van der Waals surface area contributed by atoms with Crippen molar-refractivity contribution in [2.45, 2.75) is 38.3 Å². The lowest BCUT2D eigenvalue weighted by Gasteiger charge is -2.16. The number of benzene rings is 3. The van der Waals surface area contributed by atoms with Gasteiger partial charge in [-0.3, -0.25) is 14.3 Å². The van der Waals surface area contributed by atoms with E-state index >= 15 is 0 Å². The van der Waals surface area contributed by atoms with Gasteiger partial charge in [0.2, 0.25) is 5.91 Å². The predicted octanol–water partition coefficient (Wildman–Crippen LogP) is 3.54. The van der Waals surface area contributed by atoms with Crippen molar-refractivity contribution in [2.75, 3.05) is 4.72 Å². The summed E-state index contributed by atoms with van der Waals surface area (Å²) in [6.45, 7) is 5.43. The van der Waals surface area contributed by atoms with Crippen molar-refractivity contribution in [3.05, 3.63) is 95.1 Å². The highest BCUT2D eigenvalue weighted by Gasteiger charge is 2.21. The van der Waals surface area contributed by atoms with E-state index < -0.39 is 22.0 Å². The molecule has 1 unspecified atom stereocenters. The molecule has 0 aliphatic carbocycles. The van der Waals surface area contributed by atoms with Gasteiger partial charge in [0.25, 0.3) is 15.9 Å². The molecule has 0 radical (unpaired) electrons. The largest absolute Gasteiger partial charge is 0.350 e. The fourth-order valence-corrected chi connectivity index (χ4v) is 4.34. The van der Waals surface area contributed by atoms with Crippen LogP contribution in [-0.4, -0.2) is 26.3 Å². The molecule has 2 amide bonds. The standard InChI is InChI=1S/C25H27N3O4S/c1-17-13-14-21(33(31,32)28-23-12-8-7-9-18(23)2)15-22(17)25(30)27-19(3)24(29)26-16-20-10-5-4-6-11-20/h4-15,19,28H,16H2,1-3H3,(H,26,29)(H,27,30). The first-order valence-electron chi connectivity index (χ1n) is 10.5. The molecule has 0 spiro atoms. The zero-order valence-electron chi connectivity index (χ0n) is 18.8. The van der Waals surface area contributed by atoms with E-state index in [0.29, 0.717) is 17.8 Å². The van der Waals surface area contributed by atoms with Gasteiger partial charge >= 0.3 is 0 Å². The van der Waals surface area contributed by atoms with Gasteiger partial charge in [-0.05, 0) is 55.7 Å². The van der Waals surface area contributed by atoms with E-state index in [-0.39, 0.29) is 16.4 Å². The number of anilines is 1. The Kier molecular flexibility index (Phi) is 7.50. The molecule has 33 heavy (non-hydrogen) atoms. The number of aryl methyl sites for hydroxylation is 2. The van der Waals surface area contributed by atoms with Crippen LogP contribution in [0.4, 0.5) is 5.69 Å². The van der Waals surface area contributed by atoms with Crippen LogP contribution in [0, 0.1) is 13.8 Å². The van der Waals surface area contributed by atoms with Crippen molar-refractivity contribution in [1.29, 1.82) is 0 Å². The van der Waals surface area contributed by atoms with Gasteiger partial charge in [0.05, 0.1) is 10.6 Å². The van der Waals surface area contributed by atoms with Crippen molar-refractivity contribution < 1.29 is 18.0 Å². The maximum Gasteiger partial charge on any atom is 0.261 e. The van der Waals surface area contributed by atoms with Gasteiger partial charge in [0.15, 0.2) is 0 Å². The number of rotatable bonds is 8. The molecule has 0 bridgehead atoms. The molecule has 8 heteroatoms. The van der Waals surface area contributed by atoms with Crippen LogP contribution >= 0.6 is 0 Å². The number of carbonyl (C=O) groups excluding carboxylic acids is 2. The van der Waals surface area contributed by atoms with Gasteiger partial charge in [-0.2, -0.15) is 0 Å². The highest BCUT2D eigenvalue weighted by atomic mass is 32.2. The molecule has 3 N–H and O–H groups in total. The molecule has 0 aliphatic heterocycles. The molecule has 172 valence electrons. The van der Waals surface area contributed by atoms with Crippen molar-refractivity contribution in [1.82, 2.24) is 10.6 Å². The summed E-state index contributed by atoms with van der Waals surface area (Å²) in [5, 5.41) is 5.42. The Morgan fingerprint density at radius 1 is 0.879 bits per heavy atom. The Bertz CT molecular complexity index is 1260. The summed E-state index contributed by atoms with van der Waals surface area (Å²) in [5.41, 5.74) is 2.97. The average molecular weight is 466 g/mol. The first-order chi connectivity index (χ1) is 15.7. The minimum atomic E-state index is -3.90. The van der Waals surface area contributed by atoms with Crippen LogP contribution in [0.1, 0.15) is 34.0 Å². The van der Waals surface area contributed by atoms with E-state index in [4.69, 9.17) is 0 Å². The van der Waals surface area contributed by atoms with Crippen LogP contribution in [0.15, 0.2) is 77.7 Å². The number of para-hydroxylation sites is 1. The van der Waals surface area contributed by atoms with E-state index in [1.54, 1.807) is 45.0 Å². The molecule has 0 saturated carbocycles. The molecule has 3 aromatic carbocycles. The third kappa shape index (κ3) is 6.20. The maximum atomic E-state index is 12.9. The Labute approximate surface area is 194 Å². The highest BCUT2D eigenvalue weighted by molar-refractivity contribution is 7.92. The molecule has 1 atom stereocenters. The fraction of sp³-hybridized carbons (Fsp3) is 0.200. The quantitative estimate of drug-likeness (QED) is 0.473. The summed E-state index contributed by atoms with van der Waals surface area (Å²) in [7, 11) is -3.90. The summed E-state index contributed by atoms with van der Waals surface area (Å²) in [6.07, 6.45) is 0. The van der Waals surface area contributed by atoms with Crippen LogP contribution in [0.2, 0.25) is 0 Å². The first kappa shape index (κ1) is 24.0. The zero-order chi connectivity index (χ0) is 24.0. The third-order valence-corrected chi connectivity index (χ3v) is 6.57. The van der Waals surface area contributed by atoms with Crippen molar-refractivity contribution in [2.24, 2.45) is 0 Å². The third-order valence-electron chi connectivity index (χ3n) is 5.20. The van der Waals surface area contributed by atoms with Gasteiger partial charge < -0.3 is 10.6 Å². The van der Waals surface area contributed by atoms with E-state index in [1.165, 1.54) is 12.1 Å². The topological polar surface area (TPSA) is 104 Å². The van der Waals surface area contributed by atoms with Crippen LogP contribution in [-0.2, 0) is 21.4 Å². The lowest BCUT2D eigenvalue weighted by atomic mass is 10.1. The summed E-state index contributed by atoms with van der Waals surface area (Å²) in [5.74, 6) is -0.863. The molecule has 0 aliphatic rings. The summed E-state index contributed by atoms with van der Waals surface area (Å²) in [6, 6.07) is 20.0.